The van der Waals surface area contributed by atoms with E-state index >= 15 is 0 Å². The maximum Gasteiger partial charge on any atom is 0.350 e. The predicted octanol–water partition coefficient (Wildman–Crippen LogP) is 5.49. The molecular weight excluding hydrogens is 516 g/mol. The number of carbonyl (C=O) groups is 3. The fourth-order valence-corrected chi connectivity index (χ4v) is 6.01. The van der Waals surface area contributed by atoms with Crippen molar-refractivity contribution in [2.24, 2.45) is 0 Å². The van der Waals surface area contributed by atoms with Crippen molar-refractivity contribution in [3.05, 3.63) is 80.9 Å². The standard InChI is InChI=1S/C30H30N2O6S/c1-15-13-19-14-18(9-12-21(19)38-15)24(33)22-23(17-7-10-20(11-8-17)30(3,4)5)32(27(35)25(22)34)29-31-16(2)26(39-29)28(36)37-6/h7-12,14-15,23,33H,13H2,1-6H3/b24-22+. The van der Waals surface area contributed by atoms with Crippen molar-refractivity contribution in [2.45, 2.75) is 58.6 Å². The maximum atomic E-state index is 13.5. The van der Waals surface area contributed by atoms with Crippen LogP contribution in [-0.4, -0.2) is 41.0 Å². The van der Waals surface area contributed by atoms with E-state index in [1.54, 1.807) is 25.1 Å². The largest absolute Gasteiger partial charge is 0.507 e. The van der Waals surface area contributed by atoms with Gasteiger partial charge >= 0.3 is 11.9 Å². The lowest BCUT2D eigenvalue weighted by atomic mass is 9.85. The number of hydrogen-bond donors (Lipinski definition) is 1. The van der Waals surface area contributed by atoms with Gasteiger partial charge in [0.25, 0.3) is 5.78 Å². The van der Waals surface area contributed by atoms with Gasteiger partial charge in [0.05, 0.1) is 24.4 Å². The minimum Gasteiger partial charge on any atom is -0.507 e. The van der Waals surface area contributed by atoms with Crippen molar-refractivity contribution in [1.82, 2.24) is 4.98 Å². The summed E-state index contributed by atoms with van der Waals surface area (Å²) < 4.78 is 10.6. The summed E-state index contributed by atoms with van der Waals surface area (Å²) in [5, 5.41) is 11.7. The Balaban J connectivity index is 1.68. The van der Waals surface area contributed by atoms with Gasteiger partial charge in [0.15, 0.2) is 5.13 Å². The van der Waals surface area contributed by atoms with Crippen LogP contribution in [0.1, 0.15) is 71.4 Å². The van der Waals surface area contributed by atoms with Gasteiger partial charge in [0.2, 0.25) is 0 Å². The van der Waals surface area contributed by atoms with Gasteiger partial charge in [-0.05, 0) is 54.2 Å². The van der Waals surface area contributed by atoms with Crippen LogP contribution in [0.5, 0.6) is 5.75 Å². The highest BCUT2D eigenvalue weighted by Gasteiger charge is 2.48. The van der Waals surface area contributed by atoms with Crippen LogP contribution in [0.25, 0.3) is 5.76 Å². The number of ether oxygens (including phenoxy) is 2. The Kier molecular flexibility index (Phi) is 6.58. The molecule has 39 heavy (non-hydrogen) atoms. The molecule has 1 saturated heterocycles. The van der Waals surface area contributed by atoms with Crippen molar-refractivity contribution in [2.75, 3.05) is 12.0 Å². The molecule has 9 heteroatoms. The van der Waals surface area contributed by atoms with Gasteiger partial charge in [0.1, 0.15) is 22.5 Å². The molecule has 0 radical (unpaired) electrons. The number of esters is 1. The summed E-state index contributed by atoms with van der Waals surface area (Å²) in [6.45, 7) is 9.89. The van der Waals surface area contributed by atoms with Crippen molar-refractivity contribution in [3.8, 4) is 5.75 Å². The van der Waals surface area contributed by atoms with Gasteiger partial charge in [-0.1, -0.05) is 56.4 Å². The molecule has 3 heterocycles. The average molecular weight is 547 g/mol. The van der Waals surface area contributed by atoms with Gasteiger partial charge in [-0.15, -0.1) is 0 Å². The van der Waals surface area contributed by atoms with Crippen molar-refractivity contribution < 1.29 is 29.0 Å². The molecule has 0 aliphatic carbocycles. The number of aliphatic hydroxyl groups excluding tert-OH is 1. The maximum absolute atomic E-state index is 13.5. The third-order valence-corrected chi connectivity index (χ3v) is 8.21. The second kappa shape index (κ2) is 9.64. The molecule has 2 aliphatic rings. The number of anilines is 1. The quantitative estimate of drug-likeness (QED) is 0.200. The lowest BCUT2D eigenvalue weighted by Crippen LogP contribution is -2.29. The van der Waals surface area contributed by atoms with Gasteiger partial charge in [-0.25, -0.2) is 9.78 Å². The van der Waals surface area contributed by atoms with Gasteiger partial charge in [0, 0.05) is 12.0 Å². The molecule has 5 rings (SSSR count). The van der Waals surface area contributed by atoms with E-state index in [1.165, 1.54) is 12.0 Å². The summed E-state index contributed by atoms with van der Waals surface area (Å²) >= 11 is 0.974. The lowest BCUT2D eigenvalue weighted by molar-refractivity contribution is -0.132. The molecule has 1 aromatic heterocycles. The Labute approximate surface area is 230 Å². The number of aliphatic hydroxyl groups is 1. The molecule has 0 saturated carbocycles. The zero-order valence-corrected chi connectivity index (χ0v) is 23.5. The molecule has 202 valence electrons. The first kappa shape index (κ1) is 26.6. The molecule has 0 bridgehead atoms. The molecule has 1 N–H and O–H groups in total. The van der Waals surface area contributed by atoms with Crippen LogP contribution >= 0.6 is 11.3 Å². The smallest absolute Gasteiger partial charge is 0.350 e. The monoisotopic (exact) mass is 546 g/mol. The number of aromatic nitrogens is 1. The van der Waals surface area contributed by atoms with Crippen LogP contribution in [0.2, 0.25) is 0 Å². The van der Waals surface area contributed by atoms with Gasteiger partial charge in [-0.3, -0.25) is 14.5 Å². The number of amides is 1. The summed E-state index contributed by atoms with van der Waals surface area (Å²) in [4.78, 5) is 45.3. The fraction of sp³-hybridized carbons (Fsp3) is 0.333. The van der Waals surface area contributed by atoms with Crippen molar-refractivity contribution >= 4 is 39.9 Å². The van der Waals surface area contributed by atoms with E-state index in [1.807, 2.05) is 31.2 Å². The number of thiazole rings is 1. The predicted molar refractivity (Wildman–Crippen MR) is 148 cm³/mol. The minimum absolute atomic E-state index is 0.0152. The zero-order chi connectivity index (χ0) is 28.2. The first-order valence-electron chi connectivity index (χ1n) is 12.7. The van der Waals surface area contributed by atoms with Gasteiger partial charge < -0.3 is 14.6 Å². The van der Waals surface area contributed by atoms with E-state index in [-0.39, 0.29) is 32.9 Å². The Morgan fingerprint density at radius 2 is 1.85 bits per heavy atom. The summed E-state index contributed by atoms with van der Waals surface area (Å²) in [7, 11) is 1.27. The van der Waals surface area contributed by atoms with E-state index in [0.717, 1.165) is 28.2 Å². The molecule has 1 amide bonds. The molecule has 2 aromatic carbocycles. The number of hydrogen-bond acceptors (Lipinski definition) is 8. The van der Waals surface area contributed by atoms with Crippen LogP contribution in [0, 0.1) is 6.92 Å². The van der Waals surface area contributed by atoms with Gasteiger partial charge in [-0.2, -0.15) is 0 Å². The van der Waals surface area contributed by atoms with E-state index in [4.69, 9.17) is 9.47 Å². The number of aryl methyl sites for hydroxylation is 1. The van der Waals surface area contributed by atoms with Crippen LogP contribution in [0.15, 0.2) is 48.0 Å². The molecule has 2 atom stereocenters. The number of rotatable bonds is 4. The topological polar surface area (TPSA) is 106 Å². The first-order chi connectivity index (χ1) is 18.4. The summed E-state index contributed by atoms with van der Waals surface area (Å²) in [5.41, 5.74) is 3.30. The second-order valence-corrected chi connectivity index (χ2v) is 11.9. The summed E-state index contributed by atoms with van der Waals surface area (Å²) in [6, 6.07) is 11.9. The number of carbonyl (C=O) groups excluding carboxylic acids is 3. The number of nitrogens with zero attached hydrogens (tertiary/aromatic N) is 2. The number of methoxy groups -OCH3 is 1. The Morgan fingerprint density at radius 1 is 1.15 bits per heavy atom. The van der Waals surface area contributed by atoms with E-state index in [9.17, 15) is 19.5 Å². The third kappa shape index (κ3) is 4.61. The van der Waals surface area contributed by atoms with E-state index in [2.05, 4.69) is 25.8 Å². The molecular formula is C30H30N2O6S. The van der Waals surface area contributed by atoms with Crippen LogP contribution < -0.4 is 9.64 Å². The SMILES string of the molecule is COC(=O)c1sc(N2C(=O)C(=O)/C(=C(/O)c3ccc4c(c3)CC(C)O4)C2c2ccc(C(C)(C)C)cc2)nc1C. The minimum atomic E-state index is -0.946. The highest BCUT2D eigenvalue weighted by Crippen LogP contribution is 2.45. The van der Waals surface area contributed by atoms with Crippen LogP contribution in [-0.2, 0) is 26.2 Å². The van der Waals surface area contributed by atoms with Crippen LogP contribution in [0.3, 0.4) is 0 Å². The summed E-state index contributed by atoms with van der Waals surface area (Å²) in [5.74, 6) is -1.76. The van der Waals surface area contributed by atoms with Crippen molar-refractivity contribution in [1.29, 1.82) is 0 Å². The highest BCUT2D eigenvalue weighted by molar-refractivity contribution is 7.17. The zero-order valence-electron chi connectivity index (χ0n) is 22.7. The first-order valence-corrected chi connectivity index (χ1v) is 13.5. The molecule has 8 nitrogen and oxygen atoms in total. The molecule has 2 unspecified atom stereocenters. The summed E-state index contributed by atoms with van der Waals surface area (Å²) in [6.07, 6.45) is 0.693. The Hall–Kier alpha value is -3.98. The molecule has 0 spiro atoms. The Bertz CT molecular complexity index is 1530. The lowest BCUT2D eigenvalue weighted by Gasteiger charge is -2.25. The normalized spacial score (nSPS) is 20.2. The molecule has 1 fully saturated rings. The molecule has 2 aliphatic heterocycles. The number of benzene rings is 2. The fourth-order valence-electron chi connectivity index (χ4n) is 5.00. The third-order valence-electron chi connectivity index (χ3n) is 7.07. The second-order valence-electron chi connectivity index (χ2n) is 10.9. The van der Waals surface area contributed by atoms with E-state index in [0.29, 0.717) is 23.2 Å². The van der Waals surface area contributed by atoms with Crippen molar-refractivity contribution in [3.63, 3.8) is 0 Å². The highest BCUT2D eigenvalue weighted by atomic mass is 32.1. The van der Waals surface area contributed by atoms with Crippen LogP contribution in [0.4, 0.5) is 5.13 Å². The number of ketones is 1. The molecule has 3 aromatic rings. The van der Waals surface area contributed by atoms with E-state index < -0.39 is 23.7 Å². The number of fused-ring (bicyclic) bond motifs is 1. The Morgan fingerprint density at radius 3 is 2.49 bits per heavy atom. The number of Topliss-reactive ketones (excluding diaryl/α,β-unsaturated/α-hetero) is 1. The average Bonchev–Trinajstić information content (AvgIpc) is 3.54.